The number of nitrogens with zero attached hydrogens (tertiary/aromatic N) is 3. The van der Waals surface area contributed by atoms with E-state index < -0.39 is 0 Å². The predicted molar refractivity (Wildman–Crippen MR) is 65.0 cm³/mol. The number of likely N-dealkylation sites (N-methyl/N-ethyl adjacent to an activating group) is 1. The normalized spacial score (nSPS) is 20.8. The first-order valence-electron chi connectivity index (χ1n) is 5.99. The van der Waals surface area contributed by atoms with Gasteiger partial charge < -0.3 is 15.8 Å². The van der Waals surface area contributed by atoms with Crippen molar-refractivity contribution in [2.24, 2.45) is 0 Å². The number of hydrogen-bond acceptors (Lipinski definition) is 6. The average Bonchev–Trinajstić information content (AvgIpc) is 2.83. The van der Waals surface area contributed by atoms with Gasteiger partial charge in [-0.15, -0.1) is 5.10 Å². The zero-order chi connectivity index (χ0) is 13.0. The molecule has 8 nitrogen and oxygen atoms in total. The number of rotatable bonds is 4. The highest BCUT2D eigenvalue weighted by Crippen LogP contribution is 2.04. The number of nitrogens with one attached hydrogen (secondary N) is 2. The maximum absolute atomic E-state index is 11.7. The van der Waals surface area contributed by atoms with E-state index in [2.05, 4.69) is 32.3 Å². The number of hydrogen-bond donors (Lipinski definition) is 3. The van der Waals surface area contributed by atoms with Gasteiger partial charge in [-0.2, -0.15) is 4.98 Å². The molecule has 4 N–H and O–H groups in total. The van der Waals surface area contributed by atoms with Crippen LogP contribution in [0.2, 0.25) is 0 Å². The SMILES string of the molecule is CCN1CCOC(CNC(=O)c2nc(N)n[nH]2)C1. The van der Waals surface area contributed by atoms with Crippen molar-refractivity contribution in [3.8, 4) is 0 Å². The third kappa shape index (κ3) is 3.17. The second kappa shape index (κ2) is 5.78. The van der Waals surface area contributed by atoms with Gasteiger partial charge in [-0.1, -0.05) is 6.92 Å². The summed E-state index contributed by atoms with van der Waals surface area (Å²) in [6, 6.07) is 0. The van der Waals surface area contributed by atoms with Gasteiger partial charge in [0.1, 0.15) is 0 Å². The van der Waals surface area contributed by atoms with Gasteiger partial charge in [0, 0.05) is 19.6 Å². The third-order valence-corrected chi connectivity index (χ3v) is 2.88. The number of H-pyrrole nitrogens is 1. The van der Waals surface area contributed by atoms with Crippen LogP contribution in [0.1, 0.15) is 17.5 Å². The second-order valence-electron chi connectivity index (χ2n) is 4.14. The van der Waals surface area contributed by atoms with Crippen molar-refractivity contribution in [1.29, 1.82) is 0 Å². The highest BCUT2D eigenvalue weighted by atomic mass is 16.5. The summed E-state index contributed by atoms with van der Waals surface area (Å²) in [4.78, 5) is 17.7. The van der Waals surface area contributed by atoms with E-state index >= 15 is 0 Å². The molecule has 0 saturated carbocycles. The lowest BCUT2D eigenvalue weighted by molar-refractivity contribution is -0.0246. The first-order valence-corrected chi connectivity index (χ1v) is 5.99. The van der Waals surface area contributed by atoms with Crippen molar-refractivity contribution in [2.75, 3.05) is 38.5 Å². The second-order valence-corrected chi connectivity index (χ2v) is 4.14. The molecule has 1 aromatic heterocycles. The summed E-state index contributed by atoms with van der Waals surface area (Å²) in [7, 11) is 0. The van der Waals surface area contributed by atoms with Crippen LogP contribution in [0.5, 0.6) is 0 Å². The molecule has 0 radical (unpaired) electrons. The third-order valence-electron chi connectivity index (χ3n) is 2.88. The average molecular weight is 254 g/mol. The molecule has 1 aliphatic rings. The summed E-state index contributed by atoms with van der Waals surface area (Å²) in [5, 5.41) is 8.81. The van der Waals surface area contributed by atoms with Crippen LogP contribution in [-0.4, -0.2) is 64.9 Å². The summed E-state index contributed by atoms with van der Waals surface area (Å²) in [6.07, 6.45) is 0.0166. The highest BCUT2D eigenvalue weighted by Gasteiger charge is 2.20. The van der Waals surface area contributed by atoms with E-state index in [0.717, 1.165) is 19.6 Å². The topological polar surface area (TPSA) is 109 Å². The standard InChI is InChI=1S/C10H18N6O2/c1-2-16-3-4-18-7(6-16)5-12-9(17)8-13-10(11)15-14-8/h7H,2-6H2,1H3,(H,12,17)(H3,11,13,14,15). The quantitative estimate of drug-likeness (QED) is 0.625. The fourth-order valence-electron chi connectivity index (χ4n) is 1.86. The van der Waals surface area contributed by atoms with Gasteiger partial charge in [0.15, 0.2) is 0 Å². The van der Waals surface area contributed by atoms with E-state index in [4.69, 9.17) is 10.5 Å². The Kier molecular flexibility index (Phi) is 4.11. The predicted octanol–water partition coefficient (Wildman–Crippen LogP) is -1.16. The van der Waals surface area contributed by atoms with Gasteiger partial charge in [-0.3, -0.25) is 14.8 Å². The molecule has 1 aliphatic heterocycles. The summed E-state index contributed by atoms with van der Waals surface area (Å²) < 4.78 is 5.57. The van der Waals surface area contributed by atoms with Crippen molar-refractivity contribution in [3.63, 3.8) is 0 Å². The van der Waals surface area contributed by atoms with Crippen LogP contribution in [0, 0.1) is 0 Å². The maximum atomic E-state index is 11.7. The van der Waals surface area contributed by atoms with Crippen LogP contribution in [-0.2, 0) is 4.74 Å². The fourth-order valence-corrected chi connectivity index (χ4v) is 1.86. The van der Waals surface area contributed by atoms with Gasteiger partial charge in [-0.25, -0.2) is 0 Å². The molecular weight excluding hydrogens is 236 g/mol. The van der Waals surface area contributed by atoms with Gasteiger partial charge in [0.25, 0.3) is 5.91 Å². The number of carbonyl (C=O) groups is 1. The highest BCUT2D eigenvalue weighted by molar-refractivity contribution is 5.90. The summed E-state index contributed by atoms with van der Waals surface area (Å²) >= 11 is 0. The van der Waals surface area contributed by atoms with E-state index in [-0.39, 0.29) is 23.8 Å². The van der Waals surface area contributed by atoms with E-state index in [1.807, 2.05) is 0 Å². The molecule has 1 fully saturated rings. The molecule has 0 spiro atoms. The summed E-state index contributed by atoms with van der Waals surface area (Å²) in [5.74, 6) is -0.140. The molecule has 1 amide bonds. The molecule has 1 aromatic rings. The van der Waals surface area contributed by atoms with Crippen molar-refractivity contribution in [2.45, 2.75) is 13.0 Å². The molecule has 8 heteroatoms. The Morgan fingerprint density at radius 1 is 1.72 bits per heavy atom. The number of anilines is 1. The van der Waals surface area contributed by atoms with Crippen molar-refractivity contribution in [3.05, 3.63) is 5.82 Å². The molecule has 2 heterocycles. The Bertz CT molecular complexity index is 407. The zero-order valence-electron chi connectivity index (χ0n) is 10.3. The van der Waals surface area contributed by atoms with Crippen LogP contribution in [0.25, 0.3) is 0 Å². The van der Waals surface area contributed by atoms with Crippen molar-refractivity contribution in [1.82, 2.24) is 25.4 Å². The summed E-state index contributed by atoms with van der Waals surface area (Å²) in [5.41, 5.74) is 5.33. The molecule has 0 bridgehead atoms. The lowest BCUT2D eigenvalue weighted by Gasteiger charge is -2.31. The number of amides is 1. The van der Waals surface area contributed by atoms with Gasteiger partial charge in [0.2, 0.25) is 11.8 Å². The Labute approximate surface area is 105 Å². The minimum atomic E-state index is -0.323. The number of aromatic amines is 1. The van der Waals surface area contributed by atoms with Gasteiger partial charge in [0.05, 0.1) is 12.7 Å². The first kappa shape index (κ1) is 12.8. The fraction of sp³-hybridized carbons (Fsp3) is 0.700. The molecule has 18 heavy (non-hydrogen) atoms. The number of morpholine rings is 1. The molecule has 1 saturated heterocycles. The largest absolute Gasteiger partial charge is 0.374 e. The van der Waals surface area contributed by atoms with Gasteiger partial charge >= 0.3 is 0 Å². The van der Waals surface area contributed by atoms with E-state index in [0.29, 0.717) is 13.2 Å². The maximum Gasteiger partial charge on any atom is 0.288 e. The van der Waals surface area contributed by atoms with Crippen molar-refractivity contribution >= 4 is 11.9 Å². The molecule has 1 unspecified atom stereocenters. The smallest absolute Gasteiger partial charge is 0.288 e. The van der Waals surface area contributed by atoms with E-state index in [9.17, 15) is 4.79 Å². The van der Waals surface area contributed by atoms with Crippen LogP contribution in [0.15, 0.2) is 0 Å². The first-order chi connectivity index (χ1) is 8.69. The Balaban J connectivity index is 1.79. The monoisotopic (exact) mass is 254 g/mol. The lowest BCUT2D eigenvalue weighted by atomic mass is 10.2. The Morgan fingerprint density at radius 3 is 3.22 bits per heavy atom. The number of nitrogen functional groups attached to an aromatic ring is 1. The molecule has 2 rings (SSSR count). The zero-order valence-corrected chi connectivity index (χ0v) is 10.3. The molecule has 1 atom stereocenters. The van der Waals surface area contributed by atoms with E-state index in [1.165, 1.54) is 0 Å². The number of carbonyl (C=O) groups excluding carboxylic acids is 1. The summed E-state index contributed by atoms with van der Waals surface area (Å²) in [6.45, 7) is 6.03. The number of aromatic nitrogens is 3. The molecular formula is C10H18N6O2. The van der Waals surface area contributed by atoms with Gasteiger partial charge in [-0.05, 0) is 6.54 Å². The number of nitrogens with two attached hydrogens (primary N) is 1. The molecule has 100 valence electrons. The molecule has 0 aliphatic carbocycles. The van der Waals surface area contributed by atoms with Crippen LogP contribution in [0.3, 0.4) is 0 Å². The Hall–Kier alpha value is -1.67. The molecule has 0 aromatic carbocycles. The van der Waals surface area contributed by atoms with Crippen LogP contribution >= 0.6 is 0 Å². The Morgan fingerprint density at radius 2 is 2.56 bits per heavy atom. The number of ether oxygens (including phenoxy) is 1. The van der Waals surface area contributed by atoms with E-state index in [1.54, 1.807) is 0 Å². The van der Waals surface area contributed by atoms with Crippen molar-refractivity contribution < 1.29 is 9.53 Å². The minimum Gasteiger partial charge on any atom is -0.374 e. The lowest BCUT2D eigenvalue weighted by Crippen LogP contribution is -2.47. The van der Waals surface area contributed by atoms with Crippen LogP contribution < -0.4 is 11.1 Å². The van der Waals surface area contributed by atoms with Crippen LogP contribution in [0.4, 0.5) is 5.95 Å². The minimum absolute atomic E-state index is 0.0166.